The maximum atomic E-state index is 13.2. The van der Waals surface area contributed by atoms with Crippen LogP contribution in [-0.2, 0) is 4.84 Å². The summed E-state index contributed by atoms with van der Waals surface area (Å²) in [7, 11) is 0. The average molecular weight is 293 g/mol. The predicted octanol–water partition coefficient (Wildman–Crippen LogP) is 2.37. The van der Waals surface area contributed by atoms with Gasteiger partial charge in [-0.15, -0.1) is 0 Å². The van der Waals surface area contributed by atoms with Crippen molar-refractivity contribution in [1.29, 1.82) is 0 Å². The van der Waals surface area contributed by atoms with Crippen molar-refractivity contribution in [3.05, 3.63) is 35.6 Å². The quantitative estimate of drug-likeness (QED) is 0.906. The fourth-order valence-corrected chi connectivity index (χ4v) is 2.23. The van der Waals surface area contributed by atoms with Crippen molar-refractivity contribution < 1.29 is 14.0 Å². The lowest BCUT2D eigenvalue weighted by Crippen LogP contribution is -2.43. The molecule has 1 aromatic rings. The van der Waals surface area contributed by atoms with Gasteiger partial charge < -0.3 is 15.1 Å². The van der Waals surface area contributed by atoms with E-state index < -0.39 is 0 Å². The Morgan fingerprint density at radius 2 is 2.33 bits per heavy atom. The summed E-state index contributed by atoms with van der Waals surface area (Å²) in [5.41, 5.74) is 1.44. The molecule has 0 fully saturated rings. The summed E-state index contributed by atoms with van der Waals surface area (Å²) in [5.74, 6) is -0.295. The Morgan fingerprint density at radius 3 is 3.00 bits per heavy atom. The van der Waals surface area contributed by atoms with E-state index in [2.05, 4.69) is 10.5 Å². The van der Waals surface area contributed by atoms with Crippen LogP contribution in [0.5, 0.6) is 0 Å². The Labute approximate surface area is 123 Å². The van der Waals surface area contributed by atoms with Gasteiger partial charge in [0.15, 0.2) is 6.10 Å². The van der Waals surface area contributed by atoms with Gasteiger partial charge in [-0.2, -0.15) is 0 Å². The highest BCUT2D eigenvalue weighted by molar-refractivity contribution is 6.01. The van der Waals surface area contributed by atoms with Crippen molar-refractivity contribution in [2.45, 2.75) is 26.4 Å². The van der Waals surface area contributed by atoms with E-state index in [-0.39, 0.29) is 18.0 Å². The van der Waals surface area contributed by atoms with Gasteiger partial charge in [0.05, 0.1) is 12.3 Å². The highest BCUT2D eigenvalue weighted by atomic mass is 19.1. The fourth-order valence-electron chi connectivity index (χ4n) is 2.23. The number of amides is 2. The van der Waals surface area contributed by atoms with Gasteiger partial charge in [0.1, 0.15) is 5.82 Å². The van der Waals surface area contributed by atoms with Crippen LogP contribution in [0.2, 0.25) is 0 Å². The number of nitrogens with one attached hydrogen (secondary N) is 1. The highest BCUT2D eigenvalue weighted by Crippen LogP contribution is 2.18. The lowest BCUT2D eigenvalue weighted by molar-refractivity contribution is 0.0617. The minimum Gasteiger partial charge on any atom is -0.390 e. The van der Waals surface area contributed by atoms with Crippen molar-refractivity contribution in [3.63, 3.8) is 0 Å². The monoisotopic (exact) mass is 293 g/mol. The SMILES string of the molecule is CCNC(=O)N(CC)CC1CC(c2cccc(F)c2)=NO1. The molecule has 0 aromatic heterocycles. The first-order valence-corrected chi connectivity index (χ1v) is 7.15. The van der Waals surface area contributed by atoms with E-state index in [1.165, 1.54) is 12.1 Å². The first-order chi connectivity index (χ1) is 10.1. The molecule has 0 radical (unpaired) electrons. The van der Waals surface area contributed by atoms with Gasteiger partial charge in [-0.25, -0.2) is 9.18 Å². The van der Waals surface area contributed by atoms with Gasteiger partial charge in [0, 0.05) is 25.1 Å². The van der Waals surface area contributed by atoms with E-state index in [4.69, 9.17) is 4.84 Å². The van der Waals surface area contributed by atoms with Crippen LogP contribution >= 0.6 is 0 Å². The maximum absolute atomic E-state index is 13.2. The molecule has 1 aromatic carbocycles. The van der Waals surface area contributed by atoms with E-state index in [0.717, 1.165) is 5.56 Å². The molecule has 0 saturated carbocycles. The zero-order valence-corrected chi connectivity index (χ0v) is 12.3. The molecule has 2 amide bonds. The van der Waals surface area contributed by atoms with Gasteiger partial charge in [-0.3, -0.25) is 0 Å². The number of likely N-dealkylation sites (N-methyl/N-ethyl adjacent to an activating group) is 1. The summed E-state index contributed by atoms with van der Waals surface area (Å²) in [5, 5.41) is 6.78. The number of benzene rings is 1. The largest absolute Gasteiger partial charge is 0.390 e. The Hall–Kier alpha value is -2.11. The van der Waals surface area contributed by atoms with E-state index in [9.17, 15) is 9.18 Å². The van der Waals surface area contributed by atoms with Gasteiger partial charge in [-0.1, -0.05) is 17.3 Å². The van der Waals surface area contributed by atoms with Crippen molar-refractivity contribution in [2.24, 2.45) is 5.16 Å². The maximum Gasteiger partial charge on any atom is 0.317 e. The van der Waals surface area contributed by atoms with E-state index >= 15 is 0 Å². The fraction of sp³-hybridized carbons (Fsp3) is 0.467. The Kier molecular flexibility index (Phi) is 5.14. The number of nitrogens with zero attached hydrogens (tertiary/aromatic N) is 2. The van der Waals surface area contributed by atoms with Crippen LogP contribution in [0.15, 0.2) is 29.4 Å². The summed E-state index contributed by atoms with van der Waals surface area (Å²) in [4.78, 5) is 18.9. The van der Waals surface area contributed by atoms with E-state index in [1.54, 1.807) is 17.0 Å². The van der Waals surface area contributed by atoms with Gasteiger partial charge in [0.25, 0.3) is 0 Å². The summed E-state index contributed by atoms with van der Waals surface area (Å²) in [6.07, 6.45) is 0.380. The Balaban J connectivity index is 1.93. The summed E-state index contributed by atoms with van der Waals surface area (Å²) in [6, 6.07) is 6.17. The standard InChI is InChI=1S/C15H20FN3O2/c1-3-17-15(20)19(4-2)10-13-9-14(18-21-13)11-6-5-7-12(16)8-11/h5-8,13H,3-4,9-10H2,1-2H3,(H,17,20). The van der Waals surface area contributed by atoms with Crippen molar-refractivity contribution in [2.75, 3.05) is 19.6 Å². The summed E-state index contributed by atoms with van der Waals surface area (Å²) < 4.78 is 13.2. The second-order valence-electron chi connectivity index (χ2n) is 4.85. The third kappa shape index (κ3) is 3.93. The number of urea groups is 1. The van der Waals surface area contributed by atoms with Crippen LogP contribution in [0, 0.1) is 5.82 Å². The molecule has 0 spiro atoms. The molecule has 114 valence electrons. The third-order valence-electron chi connectivity index (χ3n) is 3.31. The molecule has 1 N–H and O–H groups in total. The van der Waals surface area contributed by atoms with Crippen LogP contribution in [0.1, 0.15) is 25.8 Å². The number of carbonyl (C=O) groups is 1. The highest BCUT2D eigenvalue weighted by Gasteiger charge is 2.26. The first kappa shape index (κ1) is 15.3. The van der Waals surface area contributed by atoms with Gasteiger partial charge in [-0.05, 0) is 26.0 Å². The number of oxime groups is 1. The molecule has 21 heavy (non-hydrogen) atoms. The minimum atomic E-state index is -0.295. The minimum absolute atomic E-state index is 0.109. The number of hydrogen-bond acceptors (Lipinski definition) is 3. The van der Waals surface area contributed by atoms with Crippen molar-refractivity contribution >= 4 is 11.7 Å². The average Bonchev–Trinajstić information content (AvgIpc) is 2.93. The topological polar surface area (TPSA) is 53.9 Å². The van der Waals surface area contributed by atoms with Crippen molar-refractivity contribution in [3.8, 4) is 0 Å². The Bertz CT molecular complexity index is 533. The molecular formula is C15H20FN3O2. The number of rotatable bonds is 5. The molecule has 0 aliphatic carbocycles. The first-order valence-electron chi connectivity index (χ1n) is 7.15. The van der Waals surface area contributed by atoms with Gasteiger partial charge in [0.2, 0.25) is 0 Å². The summed E-state index contributed by atoms with van der Waals surface area (Å²) >= 11 is 0. The smallest absolute Gasteiger partial charge is 0.317 e. The van der Waals surface area contributed by atoms with Crippen LogP contribution < -0.4 is 5.32 Å². The van der Waals surface area contributed by atoms with Crippen molar-refractivity contribution in [1.82, 2.24) is 10.2 Å². The summed E-state index contributed by atoms with van der Waals surface area (Å²) in [6.45, 7) is 5.44. The number of halogens is 1. The molecule has 6 heteroatoms. The third-order valence-corrected chi connectivity index (χ3v) is 3.31. The zero-order valence-electron chi connectivity index (χ0n) is 12.3. The van der Waals surface area contributed by atoms with Crippen LogP contribution in [0.4, 0.5) is 9.18 Å². The van der Waals surface area contributed by atoms with Crippen LogP contribution in [-0.4, -0.2) is 42.4 Å². The molecule has 0 bridgehead atoms. The molecule has 5 nitrogen and oxygen atoms in total. The normalized spacial score (nSPS) is 17.1. The lowest BCUT2D eigenvalue weighted by atomic mass is 10.0. The second kappa shape index (κ2) is 7.06. The lowest BCUT2D eigenvalue weighted by Gasteiger charge is -2.23. The second-order valence-corrected chi connectivity index (χ2v) is 4.85. The zero-order chi connectivity index (χ0) is 15.2. The predicted molar refractivity (Wildman–Crippen MR) is 78.7 cm³/mol. The molecule has 1 aliphatic heterocycles. The number of hydrogen-bond donors (Lipinski definition) is 1. The van der Waals surface area contributed by atoms with Gasteiger partial charge >= 0.3 is 6.03 Å². The molecule has 2 rings (SSSR count). The molecular weight excluding hydrogens is 273 g/mol. The molecule has 1 aliphatic rings. The molecule has 1 heterocycles. The molecule has 0 saturated heterocycles. The Morgan fingerprint density at radius 1 is 1.52 bits per heavy atom. The molecule has 1 atom stereocenters. The van der Waals surface area contributed by atoms with Crippen LogP contribution in [0.3, 0.4) is 0 Å². The van der Waals surface area contributed by atoms with E-state index in [0.29, 0.717) is 31.8 Å². The van der Waals surface area contributed by atoms with Crippen LogP contribution in [0.25, 0.3) is 0 Å². The number of carbonyl (C=O) groups excluding carboxylic acids is 1. The van der Waals surface area contributed by atoms with E-state index in [1.807, 2.05) is 13.8 Å². The molecule has 1 unspecified atom stereocenters.